The molecule has 18 heavy (non-hydrogen) atoms. The van der Waals surface area contributed by atoms with Gasteiger partial charge in [0.15, 0.2) is 0 Å². The zero-order valence-corrected chi connectivity index (χ0v) is 10.2. The van der Waals surface area contributed by atoms with Crippen LogP contribution in [0.2, 0.25) is 0 Å². The minimum atomic E-state index is -0.392. The van der Waals surface area contributed by atoms with Crippen LogP contribution in [0.15, 0.2) is 33.7 Å². The number of hydrogen-bond acceptors (Lipinski definition) is 3. The van der Waals surface area contributed by atoms with E-state index in [1.54, 1.807) is 25.3 Å². The number of nitrogens with one attached hydrogen (secondary N) is 2. The van der Waals surface area contributed by atoms with Crippen molar-refractivity contribution in [2.45, 2.75) is 20.4 Å². The largest absolute Gasteiger partial charge is 0.469 e. The summed E-state index contributed by atoms with van der Waals surface area (Å²) in [6.07, 6.45) is 1.56. The zero-order chi connectivity index (χ0) is 13.1. The number of pyridine rings is 1. The van der Waals surface area contributed by atoms with Gasteiger partial charge >= 0.3 is 0 Å². The molecule has 0 bridgehead atoms. The lowest BCUT2D eigenvalue weighted by Gasteiger charge is -2.04. The molecule has 0 aliphatic rings. The summed E-state index contributed by atoms with van der Waals surface area (Å²) in [6, 6.07) is 5.00. The van der Waals surface area contributed by atoms with Crippen molar-refractivity contribution < 1.29 is 9.21 Å². The molecular formula is C13H14N2O3. The Morgan fingerprint density at radius 2 is 2.11 bits per heavy atom. The summed E-state index contributed by atoms with van der Waals surface area (Å²) >= 11 is 0. The third kappa shape index (κ3) is 2.51. The van der Waals surface area contributed by atoms with Gasteiger partial charge in [-0.3, -0.25) is 9.59 Å². The van der Waals surface area contributed by atoms with E-state index in [0.29, 0.717) is 6.54 Å². The normalized spacial score (nSPS) is 10.3. The SMILES string of the molecule is Cc1ccc(C(=O)NCc2ccoc2C)c(=O)[nH]1. The molecule has 0 aliphatic heterocycles. The first-order valence-electron chi connectivity index (χ1n) is 5.59. The number of aromatic amines is 1. The van der Waals surface area contributed by atoms with Crippen molar-refractivity contribution in [3.05, 3.63) is 57.4 Å². The standard InChI is InChI=1S/C13H14N2O3/c1-8-3-4-11(13(17)15-8)12(16)14-7-10-5-6-18-9(10)2/h3-6H,7H2,1-2H3,(H,14,16)(H,15,17). The quantitative estimate of drug-likeness (QED) is 0.862. The maximum absolute atomic E-state index is 11.8. The van der Waals surface area contributed by atoms with Crippen LogP contribution < -0.4 is 10.9 Å². The molecule has 0 aliphatic carbocycles. The highest BCUT2D eigenvalue weighted by Gasteiger charge is 2.10. The minimum absolute atomic E-state index is 0.113. The summed E-state index contributed by atoms with van der Waals surface area (Å²) in [6.45, 7) is 3.92. The number of furan rings is 1. The molecule has 0 fully saturated rings. The molecule has 5 heteroatoms. The number of hydrogen-bond donors (Lipinski definition) is 2. The molecule has 5 nitrogen and oxygen atoms in total. The molecule has 0 saturated carbocycles. The van der Waals surface area contributed by atoms with E-state index in [0.717, 1.165) is 17.0 Å². The Morgan fingerprint density at radius 1 is 1.33 bits per heavy atom. The maximum atomic E-state index is 11.8. The van der Waals surface area contributed by atoms with Crippen molar-refractivity contribution in [3.63, 3.8) is 0 Å². The van der Waals surface area contributed by atoms with Gasteiger partial charge in [-0.2, -0.15) is 0 Å². The Balaban J connectivity index is 2.09. The number of carbonyl (C=O) groups excluding carboxylic acids is 1. The first kappa shape index (κ1) is 12.2. The number of amides is 1. The van der Waals surface area contributed by atoms with Crippen LogP contribution in [0.5, 0.6) is 0 Å². The predicted molar refractivity (Wildman–Crippen MR) is 66.4 cm³/mol. The van der Waals surface area contributed by atoms with E-state index >= 15 is 0 Å². The Morgan fingerprint density at radius 3 is 2.72 bits per heavy atom. The highest BCUT2D eigenvalue weighted by atomic mass is 16.3. The summed E-state index contributed by atoms with van der Waals surface area (Å²) in [4.78, 5) is 26.0. The highest BCUT2D eigenvalue weighted by molar-refractivity contribution is 5.93. The van der Waals surface area contributed by atoms with Crippen LogP contribution in [0.1, 0.15) is 27.4 Å². The predicted octanol–water partition coefficient (Wildman–Crippen LogP) is 1.51. The van der Waals surface area contributed by atoms with Crippen molar-refractivity contribution in [2.24, 2.45) is 0 Å². The Kier molecular flexibility index (Phi) is 3.32. The van der Waals surface area contributed by atoms with Crippen molar-refractivity contribution in [3.8, 4) is 0 Å². The average Bonchev–Trinajstić information content (AvgIpc) is 2.72. The lowest BCUT2D eigenvalue weighted by Crippen LogP contribution is -2.29. The van der Waals surface area contributed by atoms with Gasteiger partial charge in [-0.15, -0.1) is 0 Å². The molecule has 1 amide bonds. The van der Waals surface area contributed by atoms with Gasteiger partial charge in [0, 0.05) is 17.8 Å². The second-order valence-electron chi connectivity index (χ2n) is 4.07. The number of H-pyrrole nitrogens is 1. The molecule has 0 spiro atoms. The summed E-state index contributed by atoms with van der Waals surface area (Å²) in [5, 5.41) is 2.68. The van der Waals surface area contributed by atoms with Crippen molar-refractivity contribution in [2.75, 3.05) is 0 Å². The topological polar surface area (TPSA) is 75.1 Å². The van der Waals surface area contributed by atoms with Crippen LogP contribution in [0.25, 0.3) is 0 Å². The molecule has 94 valence electrons. The van der Waals surface area contributed by atoms with Crippen LogP contribution in [0.4, 0.5) is 0 Å². The van der Waals surface area contributed by atoms with E-state index in [9.17, 15) is 9.59 Å². The molecule has 0 saturated heterocycles. The molecule has 2 heterocycles. The van der Waals surface area contributed by atoms with Crippen molar-refractivity contribution >= 4 is 5.91 Å². The number of rotatable bonds is 3. The number of aryl methyl sites for hydroxylation is 2. The first-order valence-corrected chi connectivity index (χ1v) is 5.59. The number of aromatic nitrogens is 1. The third-order valence-corrected chi connectivity index (χ3v) is 2.71. The van der Waals surface area contributed by atoms with Crippen LogP contribution >= 0.6 is 0 Å². The van der Waals surface area contributed by atoms with Gasteiger partial charge in [0.1, 0.15) is 11.3 Å². The Hall–Kier alpha value is -2.30. The summed E-state index contributed by atoms with van der Waals surface area (Å²) in [7, 11) is 0. The summed E-state index contributed by atoms with van der Waals surface area (Å²) in [5.74, 6) is 0.366. The fourth-order valence-corrected chi connectivity index (χ4v) is 1.62. The average molecular weight is 246 g/mol. The van der Waals surface area contributed by atoms with Crippen LogP contribution in [0, 0.1) is 13.8 Å². The fraction of sp³-hybridized carbons (Fsp3) is 0.231. The lowest BCUT2D eigenvalue weighted by molar-refractivity contribution is 0.0949. The molecule has 2 aromatic rings. The van der Waals surface area contributed by atoms with Gasteiger partial charge < -0.3 is 14.7 Å². The summed E-state index contributed by atoms with van der Waals surface area (Å²) in [5.41, 5.74) is 1.35. The molecule has 2 aromatic heterocycles. The smallest absolute Gasteiger partial charge is 0.260 e. The third-order valence-electron chi connectivity index (χ3n) is 2.71. The number of carbonyl (C=O) groups is 1. The van der Waals surface area contributed by atoms with E-state index in [2.05, 4.69) is 10.3 Å². The van der Waals surface area contributed by atoms with Gasteiger partial charge in [0.25, 0.3) is 11.5 Å². The van der Waals surface area contributed by atoms with Crippen molar-refractivity contribution in [1.82, 2.24) is 10.3 Å². The Labute approximate surface area is 104 Å². The van der Waals surface area contributed by atoms with E-state index in [-0.39, 0.29) is 11.1 Å². The van der Waals surface area contributed by atoms with Crippen LogP contribution in [-0.4, -0.2) is 10.9 Å². The summed E-state index contributed by atoms with van der Waals surface area (Å²) < 4.78 is 5.12. The van der Waals surface area contributed by atoms with Gasteiger partial charge in [-0.1, -0.05) is 0 Å². The minimum Gasteiger partial charge on any atom is -0.469 e. The molecule has 2 rings (SSSR count). The second kappa shape index (κ2) is 4.91. The van der Waals surface area contributed by atoms with E-state index < -0.39 is 5.91 Å². The first-order chi connectivity index (χ1) is 8.58. The fourth-order valence-electron chi connectivity index (χ4n) is 1.62. The molecule has 0 aromatic carbocycles. The van der Waals surface area contributed by atoms with E-state index in [4.69, 9.17) is 4.42 Å². The van der Waals surface area contributed by atoms with Crippen molar-refractivity contribution in [1.29, 1.82) is 0 Å². The van der Waals surface area contributed by atoms with E-state index in [1.807, 2.05) is 6.92 Å². The van der Waals surface area contributed by atoms with Crippen LogP contribution in [0.3, 0.4) is 0 Å². The highest BCUT2D eigenvalue weighted by Crippen LogP contribution is 2.08. The zero-order valence-electron chi connectivity index (χ0n) is 10.2. The molecule has 0 unspecified atom stereocenters. The van der Waals surface area contributed by atoms with Gasteiger partial charge in [-0.05, 0) is 32.0 Å². The Bertz CT molecular complexity index is 625. The molecular weight excluding hydrogens is 232 g/mol. The monoisotopic (exact) mass is 246 g/mol. The second-order valence-corrected chi connectivity index (χ2v) is 4.07. The maximum Gasteiger partial charge on any atom is 0.260 e. The van der Waals surface area contributed by atoms with Gasteiger partial charge in [0.05, 0.1) is 6.26 Å². The van der Waals surface area contributed by atoms with E-state index in [1.165, 1.54) is 6.07 Å². The molecule has 2 N–H and O–H groups in total. The lowest BCUT2D eigenvalue weighted by atomic mass is 10.2. The van der Waals surface area contributed by atoms with Gasteiger partial charge in [0.2, 0.25) is 0 Å². The molecule has 0 atom stereocenters. The van der Waals surface area contributed by atoms with Gasteiger partial charge in [-0.25, -0.2) is 0 Å². The molecule has 0 radical (unpaired) electrons. The van der Waals surface area contributed by atoms with Crippen LogP contribution in [-0.2, 0) is 6.54 Å².